The largest absolute Gasteiger partial charge is 0.274 e. The number of carbonyl (C=O) groups excluding carboxylic acids is 1. The Morgan fingerprint density at radius 2 is 1.71 bits per heavy atom. The molecule has 0 aliphatic rings. The molecule has 0 aliphatic carbocycles. The smallest absolute Gasteiger partial charge is 0.264 e. The van der Waals surface area contributed by atoms with Crippen molar-refractivity contribution in [1.82, 2.24) is 4.72 Å². The van der Waals surface area contributed by atoms with Gasteiger partial charge in [0.05, 0.1) is 4.90 Å². The molecule has 0 atom stereocenters. The summed E-state index contributed by atoms with van der Waals surface area (Å²) in [7, 11) is -3.73. The lowest BCUT2D eigenvalue weighted by Gasteiger charge is -2.17. The van der Waals surface area contributed by atoms with Gasteiger partial charge in [0, 0.05) is 6.42 Å². The zero-order valence-electron chi connectivity index (χ0n) is 10.2. The van der Waals surface area contributed by atoms with Crippen molar-refractivity contribution in [1.29, 1.82) is 0 Å². The molecule has 1 aromatic carbocycles. The van der Waals surface area contributed by atoms with Gasteiger partial charge in [-0.25, -0.2) is 13.1 Å². The minimum atomic E-state index is -3.73. The standard InChI is InChI=1S/C12H17NO3S/c1-12(2,3)9-11(14)13-17(15,16)10-7-5-4-6-8-10/h4-8H,9H2,1-3H3,(H,13,14). The highest BCUT2D eigenvalue weighted by Crippen LogP contribution is 2.18. The molecule has 4 nitrogen and oxygen atoms in total. The Morgan fingerprint density at radius 1 is 1.18 bits per heavy atom. The predicted octanol–water partition coefficient (Wildman–Crippen LogP) is 1.93. The van der Waals surface area contributed by atoms with E-state index in [0.717, 1.165) is 0 Å². The summed E-state index contributed by atoms with van der Waals surface area (Å²) in [5.74, 6) is -0.485. The van der Waals surface area contributed by atoms with Crippen molar-refractivity contribution >= 4 is 15.9 Å². The van der Waals surface area contributed by atoms with Crippen LogP contribution in [0.2, 0.25) is 0 Å². The zero-order chi connectivity index (χ0) is 13.1. The summed E-state index contributed by atoms with van der Waals surface area (Å²) >= 11 is 0. The van der Waals surface area contributed by atoms with Crippen LogP contribution in [0.15, 0.2) is 35.2 Å². The normalized spacial score (nSPS) is 12.2. The fourth-order valence-corrected chi connectivity index (χ4v) is 2.33. The quantitative estimate of drug-likeness (QED) is 0.897. The maximum absolute atomic E-state index is 11.8. The summed E-state index contributed by atoms with van der Waals surface area (Å²) in [4.78, 5) is 11.7. The average Bonchev–Trinajstić information content (AvgIpc) is 2.15. The van der Waals surface area contributed by atoms with Gasteiger partial charge in [0.25, 0.3) is 10.0 Å². The monoisotopic (exact) mass is 255 g/mol. The van der Waals surface area contributed by atoms with E-state index in [1.807, 2.05) is 20.8 Å². The Hall–Kier alpha value is -1.36. The molecule has 0 radical (unpaired) electrons. The third-order valence-electron chi connectivity index (χ3n) is 1.99. The molecule has 0 spiro atoms. The third-order valence-corrected chi connectivity index (χ3v) is 3.38. The molecule has 17 heavy (non-hydrogen) atoms. The maximum atomic E-state index is 11.8. The van der Waals surface area contributed by atoms with Crippen molar-refractivity contribution in [2.24, 2.45) is 5.41 Å². The molecule has 0 heterocycles. The van der Waals surface area contributed by atoms with E-state index >= 15 is 0 Å². The van der Waals surface area contributed by atoms with Crippen LogP contribution in [0.5, 0.6) is 0 Å². The van der Waals surface area contributed by atoms with E-state index in [1.165, 1.54) is 12.1 Å². The first-order valence-electron chi connectivity index (χ1n) is 5.31. The van der Waals surface area contributed by atoms with Crippen LogP contribution < -0.4 is 4.72 Å². The van der Waals surface area contributed by atoms with Crippen molar-refractivity contribution in [3.8, 4) is 0 Å². The molecule has 0 unspecified atom stereocenters. The Balaban J connectivity index is 2.79. The molecule has 1 amide bonds. The number of rotatable bonds is 3. The lowest BCUT2D eigenvalue weighted by molar-refractivity contribution is -0.121. The average molecular weight is 255 g/mol. The van der Waals surface area contributed by atoms with Crippen LogP contribution in [0.3, 0.4) is 0 Å². The molecular weight excluding hydrogens is 238 g/mol. The van der Waals surface area contributed by atoms with Gasteiger partial charge in [0.15, 0.2) is 0 Å². The number of benzene rings is 1. The molecule has 0 bridgehead atoms. The highest BCUT2D eigenvalue weighted by atomic mass is 32.2. The number of sulfonamides is 1. The molecule has 5 heteroatoms. The SMILES string of the molecule is CC(C)(C)CC(=O)NS(=O)(=O)c1ccccc1. The van der Waals surface area contributed by atoms with Crippen molar-refractivity contribution in [3.05, 3.63) is 30.3 Å². The van der Waals surface area contributed by atoms with Crippen LogP contribution in [0.4, 0.5) is 0 Å². The molecule has 0 fully saturated rings. The molecule has 0 aromatic heterocycles. The van der Waals surface area contributed by atoms with E-state index in [2.05, 4.69) is 4.72 Å². The van der Waals surface area contributed by atoms with Gasteiger partial charge in [-0.15, -0.1) is 0 Å². The number of hydrogen-bond acceptors (Lipinski definition) is 3. The highest BCUT2D eigenvalue weighted by Gasteiger charge is 2.21. The minimum absolute atomic E-state index is 0.0993. The maximum Gasteiger partial charge on any atom is 0.264 e. The van der Waals surface area contributed by atoms with Gasteiger partial charge in [-0.2, -0.15) is 0 Å². The van der Waals surface area contributed by atoms with Crippen LogP contribution in [-0.4, -0.2) is 14.3 Å². The van der Waals surface area contributed by atoms with E-state index in [4.69, 9.17) is 0 Å². The number of hydrogen-bond donors (Lipinski definition) is 1. The lowest BCUT2D eigenvalue weighted by Crippen LogP contribution is -2.33. The topological polar surface area (TPSA) is 63.2 Å². The van der Waals surface area contributed by atoms with Crippen molar-refractivity contribution in [2.75, 3.05) is 0 Å². The van der Waals surface area contributed by atoms with Crippen molar-refractivity contribution in [2.45, 2.75) is 32.1 Å². The van der Waals surface area contributed by atoms with Crippen LogP contribution in [0.25, 0.3) is 0 Å². The van der Waals surface area contributed by atoms with Gasteiger partial charge < -0.3 is 0 Å². The van der Waals surface area contributed by atoms with Gasteiger partial charge in [0.2, 0.25) is 5.91 Å². The van der Waals surface area contributed by atoms with Crippen LogP contribution in [0.1, 0.15) is 27.2 Å². The van der Waals surface area contributed by atoms with E-state index < -0.39 is 15.9 Å². The second-order valence-electron chi connectivity index (χ2n) is 5.08. The Bertz CT molecular complexity index is 486. The molecule has 0 aliphatic heterocycles. The number of carbonyl (C=O) groups is 1. The van der Waals surface area contributed by atoms with Gasteiger partial charge in [0.1, 0.15) is 0 Å². The molecule has 94 valence electrons. The van der Waals surface area contributed by atoms with Crippen LogP contribution in [-0.2, 0) is 14.8 Å². The Labute approximate surface area is 102 Å². The molecule has 0 saturated heterocycles. The third kappa shape index (κ3) is 4.56. The summed E-state index contributed by atoms with van der Waals surface area (Å²) in [5.41, 5.74) is -0.240. The van der Waals surface area contributed by atoms with Gasteiger partial charge in [-0.1, -0.05) is 39.0 Å². The number of amides is 1. The van der Waals surface area contributed by atoms with Crippen LogP contribution >= 0.6 is 0 Å². The summed E-state index contributed by atoms with van der Waals surface area (Å²) < 4.78 is 25.7. The summed E-state index contributed by atoms with van der Waals surface area (Å²) in [6, 6.07) is 7.85. The predicted molar refractivity (Wildman–Crippen MR) is 65.8 cm³/mol. The van der Waals surface area contributed by atoms with Crippen molar-refractivity contribution < 1.29 is 13.2 Å². The minimum Gasteiger partial charge on any atom is -0.274 e. The van der Waals surface area contributed by atoms with Gasteiger partial charge in [-0.05, 0) is 17.5 Å². The van der Waals surface area contributed by atoms with E-state index in [1.54, 1.807) is 18.2 Å². The number of nitrogens with one attached hydrogen (secondary N) is 1. The Kier molecular flexibility index (Phi) is 3.93. The fraction of sp³-hybridized carbons (Fsp3) is 0.417. The van der Waals surface area contributed by atoms with E-state index in [9.17, 15) is 13.2 Å². The molecule has 0 saturated carbocycles. The first-order valence-corrected chi connectivity index (χ1v) is 6.80. The highest BCUT2D eigenvalue weighted by molar-refractivity contribution is 7.90. The first-order chi connectivity index (χ1) is 7.71. The molecular formula is C12H17NO3S. The Morgan fingerprint density at radius 3 is 2.18 bits per heavy atom. The molecule has 1 N–H and O–H groups in total. The summed E-state index contributed by atoms with van der Waals surface area (Å²) in [6.07, 6.45) is 0.166. The lowest BCUT2D eigenvalue weighted by atomic mass is 9.92. The summed E-state index contributed by atoms with van der Waals surface area (Å²) in [5, 5.41) is 0. The second kappa shape index (κ2) is 4.87. The zero-order valence-corrected chi connectivity index (χ0v) is 11.0. The van der Waals surface area contributed by atoms with Crippen LogP contribution in [0, 0.1) is 5.41 Å². The van der Waals surface area contributed by atoms with Gasteiger partial charge in [-0.3, -0.25) is 4.79 Å². The molecule has 1 rings (SSSR count). The first kappa shape index (κ1) is 13.7. The van der Waals surface area contributed by atoms with E-state index in [0.29, 0.717) is 0 Å². The van der Waals surface area contributed by atoms with E-state index in [-0.39, 0.29) is 16.7 Å². The van der Waals surface area contributed by atoms with Crippen molar-refractivity contribution in [3.63, 3.8) is 0 Å². The fourth-order valence-electron chi connectivity index (χ4n) is 1.33. The molecule has 1 aromatic rings. The summed E-state index contributed by atoms with van der Waals surface area (Å²) in [6.45, 7) is 5.63. The van der Waals surface area contributed by atoms with Gasteiger partial charge >= 0.3 is 0 Å². The second-order valence-corrected chi connectivity index (χ2v) is 6.76.